The normalized spacial score (nSPS) is 33.2. The number of nitrogens with two attached hydrogens (primary N) is 1. The van der Waals surface area contributed by atoms with Crippen LogP contribution in [0.1, 0.15) is 24.3 Å². The lowest BCUT2D eigenvalue weighted by molar-refractivity contribution is -0.128. The van der Waals surface area contributed by atoms with Gasteiger partial charge < -0.3 is 10.6 Å². The molecular formula is C13H16N2O. The SMILES string of the molecule is N[C@@H]1CC(=O)N([C@H]2C[C@H]2c2ccccc2)C1. The van der Waals surface area contributed by atoms with Gasteiger partial charge in [0.25, 0.3) is 0 Å². The van der Waals surface area contributed by atoms with E-state index in [1.54, 1.807) is 0 Å². The zero-order valence-corrected chi connectivity index (χ0v) is 9.17. The Morgan fingerprint density at radius 1 is 1.25 bits per heavy atom. The van der Waals surface area contributed by atoms with Crippen molar-refractivity contribution in [3.63, 3.8) is 0 Å². The van der Waals surface area contributed by atoms with Crippen molar-refractivity contribution in [2.45, 2.75) is 30.8 Å². The number of hydrogen-bond donors (Lipinski definition) is 1. The van der Waals surface area contributed by atoms with Crippen molar-refractivity contribution in [2.24, 2.45) is 5.73 Å². The van der Waals surface area contributed by atoms with Gasteiger partial charge in [-0.3, -0.25) is 4.79 Å². The van der Waals surface area contributed by atoms with Gasteiger partial charge in [-0.05, 0) is 12.0 Å². The first-order valence-electron chi connectivity index (χ1n) is 5.85. The molecule has 0 unspecified atom stereocenters. The highest BCUT2D eigenvalue weighted by molar-refractivity contribution is 5.80. The van der Waals surface area contributed by atoms with E-state index >= 15 is 0 Å². The van der Waals surface area contributed by atoms with E-state index in [1.807, 2.05) is 11.0 Å². The molecule has 1 aromatic rings. The van der Waals surface area contributed by atoms with Gasteiger partial charge in [0.1, 0.15) is 0 Å². The van der Waals surface area contributed by atoms with E-state index in [0.717, 1.165) is 13.0 Å². The third-order valence-electron chi connectivity index (χ3n) is 3.57. The fraction of sp³-hybridized carbons (Fsp3) is 0.462. The minimum atomic E-state index is 0.0459. The van der Waals surface area contributed by atoms with Crippen LogP contribution < -0.4 is 5.73 Å². The molecule has 1 aromatic carbocycles. The van der Waals surface area contributed by atoms with Crippen molar-refractivity contribution in [3.8, 4) is 0 Å². The van der Waals surface area contributed by atoms with Crippen LogP contribution in [0.25, 0.3) is 0 Å². The van der Waals surface area contributed by atoms with Gasteiger partial charge in [0.2, 0.25) is 5.91 Å². The molecule has 2 aliphatic rings. The van der Waals surface area contributed by atoms with Crippen molar-refractivity contribution >= 4 is 5.91 Å². The number of likely N-dealkylation sites (tertiary alicyclic amines) is 1. The smallest absolute Gasteiger partial charge is 0.224 e. The molecule has 1 aliphatic carbocycles. The van der Waals surface area contributed by atoms with E-state index in [9.17, 15) is 4.79 Å². The van der Waals surface area contributed by atoms with Crippen molar-refractivity contribution in [1.29, 1.82) is 0 Å². The molecule has 3 heteroatoms. The lowest BCUT2D eigenvalue weighted by Crippen LogP contribution is -2.30. The highest BCUT2D eigenvalue weighted by Gasteiger charge is 2.47. The van der Waals surface area contributed by atoms with Crippen LogP contribution >= 0.6 is 0 Å². The van der Waals surface area contributed by atoms with Gasteiger partial charge in [-0.2, -0.15) is 0 Å². The van der Waals surface area contributed by atoms with E-state index in [4.69, 9.17) is 5.73 Å². The minimum absolute atomic E-state index is 0.0459. The Bertz CT molecular complexity index is 404. The van der Waals surface area contributed by atoms with Gasteiger partial charge in [-0.1, -0.05) is 30.3 Å². The number of amides is 1. The summed E-state index contributed by atoms with van der Waals surface area (Å²) in [6, 6.07) is 10.9. The average molecular weight is 216 g/mol. The Kier molecular flexibility index (Phi) is 2.21. The number of hydrogen-bond acceptors (Lipinski definition) is 2. The maximum Gasteiger partial charge on any atom is 0.224 e. The second-order valence-corrected chi connectivity index (χ2v) is 4.83. The lowest BCUT2D eigenvalue weighted by atomic mass is 10.1. The van der Waals surface area contributed by atoms with Crippen LogP contribution in [-0.4, -0.2) is 29.4 Å². The molecule has 0 bridgehead atoms. The zero-order valence-electron chi connectivity index (χ0n) is 9.17. The highest BCUT2D eigenvalue weighted by Crippen LogP contribution is 2.45. The Labute approximate surface area is 95.2 Å². The number of benzene rings is 1. The molecule has 1 heterocycles. The quantitative estimate of drug-likeness (QED) is 0.804. The van der Waals surface area contributed by atoms with Crippen LogP contribution in [-0.2, 0) is 4.79 Å². The van der Waals surface area contributed by atoms with Gasteiger partial charge in [0, 0.05) is 31.0 Å². The van der Waals surface area contributed by atoms with Crippen molar-refractivity contribution in [1.82, 2.24) is 4.90 Å². The van der Waals surface area contributed by atoms with Crippen LogP contribution in [0.15, 0.2) is 30.3 Å². The average Bonchev–Trinajstić information content (AvgIpc) is 3.00. The van der Waals surface area contributed by atoms with E-state index in [1.165, 1.54) is 5.56 Å². The Hall–Kier alpha value is -1.35. The fourth-order valence-corrected chi connectivity index (χ4v) is 2.67. The van der Waals surface area contributed by atoms with E-state index in [-0.39, 0.29) is 11.9 Å². The summed E-state index contributed by atoms with van der Waals surface area (Å²) in [5.41, 5.74) is 7.15. The summed E-state index contributed by atoms with van der Waals surface area (Å²) in [6.07, 6.45) is 1.63. The van der Waals surface area contributed by atoms with Crippen molar-refractivity contribution < 1.29 is 4.79 Å². The predicted molar refractivity (Wildman–Crippen MR) is 61.9 cm³/mol. The van der Waals surface area contributed by atoms with Crippen LogP contribution in [0.5, 0.6) is 0 Å². The molecule has 0 spiro atoms. The van der Waals surface area contributed by atoms with Crippen molar-refractivity contribution in [3.05, 3.63) is 35.9 Å². The number of nitrogens with zero attached hydrogens (tertiary/aromatic N) is 1. The molecule has 1 saturated carbocycles. The summed E-state index contributed by atoms with van der Waals surface area (Å²) in [4.78, 5) is 13.7. The predicted octanol–water partition coefficient (Wildman–Crippen LogP) is 1.10. The fourth-order valence-electron chi connectivity index (χ4n) is 2.67. The Morgan fingerprint density at radius 2 is 2.00 bits per heavy atom. The monoisotopic (exact) mass is 216 g/mol. The summed E-state index contributed by atoms with van der Waals surface area (Å²) in [5.74, 6) is 0.770. The molecule has 3 atom stereocenters. The van der Waals surface area contributed by atoms with Gasteiger partial charge >= 0.3 is 0 Å². The van der Waals surface area contributed by atoms with Crippen LogP contribution in [0, 0.1) is 0 Å². The molecule has 1 amide bonds. The molecular weight excluding hydrogens is 200 g/mol. The number of rotatable bonds is 2. The molecule has 3 rings (SSSR count). The first kappa shape index (κ1) is 9.85. The lowest BCUT2D eigenvalue weighted by Gasteiger charge is -2.15. The molecule has 2 fully saturated rings. The molecule has 1 aliphatic heterocycles. The topological polar surface area (TPSA) is 46.3 Å². The summed E-state index contributed by atoms with van der Waals surface area (Å²) in [7, 11) is 0. The number of carbonyl (C=O) groups is 1. The summed E-state index contributed by atoms with van der Waals surface area (Å²) in [6.45, 7) is 0.743. The second-order valence-electron chi connectivity index (χ2n) is 4.83. The molecule has 0 radical (unpaired) electrons. The summed E-state index contributed by atoms with van der Waals surface area (Å²) in [5, 5.41) is 0. The van der Waals surface area contributed by atoms with Crippen LogP contribution in [0.4, 0.5) is 0 Å². The van der Waals surface area contributed by atoms with Crippen LogP contribution in [0.3, 0.4) is 0 Å². The Balaban J connectivity index is 1.71. The maximum absolute atomic E-state index is 11.7. The Morgan fingerprint density at radius 3 is 2.62 bits per heavy atom. The summed E-state index contributed by atoms with van der Waals surface area (Å²) < 4.78 is 0. The van der Waals surface area contributed by atoms with Gasteiger partial charge in [-0.15, -0.1) is 0 Å². The largest absolute Gasteiger partial charge is 0.337 e. The zero-order chi connectivity index (χ0) is 11.1. The first-order valence-corrected chi connectivity index (χ1v) is 5.85. The number of carbonyl (C=O) groups excluding carboxylic acids is 1. The summed E-state index contributed by atoms with van der Waals surface area (Å²) >= 11 is 0. The van der Waals surface area contributed by atoms with Gasteiger partial charge in [0.05, 0.1) is 0 Å². The van der Waals surface area contributed by atoms with Crippen molar-refractivity contribution in [2.75, 3.05) is 6.54 Å². The molecule has 0 aromatic heterocycles. The first-order chi connectivity index (χ1) is 7.75. The standard InChI is InChI=1S/C13H16N2O/c14-10-6-13(16)15(8-10)12-7-11(12)9-4-2-1-3-5-9/h1-5,10-12H,6-8,14H2/t10-,11+,12+/m1/s1. The third kappa shape index (κ3) is 1.61. The van der Waals surface area contributed by atoms with Crippen LogP contribution in [0.2, 0.25) is 0 Å². The van der Waals surface area contributed by atoms with E-state index in [0.29, 0.717) is 18.4 Å². The molecule has 3 nitrogen and oxygen atoms in total. The second kappa shape index (κ2) is 3.59. The molecule has 84 valence electrons. The highest BCUT2D eigenvalue weighted by atomic mass is 16.2. The van der Waals surface area contributed by atoms with E-state index in [2.05, 4.69) is 24.3 Å². The van der Waals surface area contributed by atoms with Gasteiger partial charge in [0.15, 0.2) is 0 Å². The third-order valence-corrected chi connectivity index (χ3v) is 3.57. The van der Waals surface area contributed by atoms with Gasteiger partial charge in [-0.25, -0.2) is 0 Å². The molecule has 1 saturated heterocycles. The molecule has 2 N–H and O–H groups in total. The maximum atomic E-state index is 11.7. The molecule has 16 heavy (non-hydrogen) atoms. The van der Waals surface area contributed by atoms with E-state index < -0.39 is 0 Å². The minimum Gasteiger partial charge on any atom is -0.337 e.